The van der Waals surface area contributed by atoms with Crippen LogP contribution in [0.1, 0.15) is 24.5 Å². The quantitative estimate of drug-likeness (QED) is 0.796. The molecule has 124 valence electrons. The van der Waals surface area contributed by atoms with Crippen LogP contribution >= 0.6 is 0 Å². The molecule has 0 bridgehead atoms. The van der Waals surface area contributed by atoms with Gasteiger partial charge in [-0.15, -0.1) is 0 Å². The van der Waals surface area contributed by atoms with Crippen molar-refractivity contribution in [2.45, 2.75) is 25.5 Å². The zero-order valence-electron chi connectivity index (χ0n) is 13.1. The number of hydrogen-bond acceptors (Lipinski definition) is 5. The first-order chi connectivity index (χ1) is 11.7. The van der Waals surface area contributed by atoms with Gasteiger partial charge in [0.2, 0.25) is 0 Å². The standard InChI is InChI=1S/C17H18FN5O/c18-13-5-3-12(4-6-13)14(24)9-23-11-21-15-16(19-10-20-17(15)23)22-7-1-2-8-22/h3-6,10-11,14,24H,1-2,7-9H2. The molecule has 1 unspecified atom stereocenters. The smallest absolute Gasteiger partial charge is 0.165 e. The van der Waals surface area contributed by atoms with Crippen LogP contribution in [-0.4, -0.2) is 37.7 Å². The summed E-state index contributed by atoms with van der Waals surface area (Å²) in [7, 11) is 0. The number of halogens is 1. The molecular formula is C17H18FN5O. The molecule has 0 saturated carbocycles. The zero-order valence-corrected chi connectivity index (χ0v) is 13.1. The van der Waals surface area contributed by atoms with Gasteiger partial charge in [0.25, 0.3) is 0 Å². The molecule has 0 aliphatic carbocycles. The Morgan fingerprint density at radius 1 is 1.08 bits per heavy atom. The minimum absolute atomic E-state index is 0.304. The molecule has 1 saturated heterocycles. The molecule has 3 aromatic rings. The summed E-state index contributed by atoms with van der Waals surface area (Å²) in [5, 5.41) is 10.4. The van der Waals surface area contributed by atoms with Crippen LogP contribution in [0.4, 0.5) is 10.2 Å². The van der Waals surface area contributed by atoms with Crippen molar-refractivity contribution in [1.82, 2.24) is 19.5 Å². The van der Waals surface area contributed by atoms with E-state index in [4.69, 9.17) is 0 Å². The van der Waals surface area contributed by atoms with Gasteiger partial charge in [0, 0.05) is 13.1 Å². The van der Waals surface area contributed by atoms with Crippen molar-refractivity contribution in [3.63, 3.8) is 0 Å². The summed E-state index contributed by atoms with van der Waals surface area (Å²) in [5.74, 6) is 0.537. The van der Waals surface area contributed by atoms with E-state index in [9.17, 15) is 9.50 Å². The topological polar surface area (TPSA) is 67.1 Å². The molecule has 0 radical (unpaired) electrons. The van der Waals surface area contributed by atoms with Gasteiger partial charge in [-0.05, 0) is 30.5 Å². The number of nitrogens with zero attached hydrogens (tertiary/aromatic N) is 5. The van der Waals surface area contributed by atoms with E-state index in [-0.39, 0.29) is 5.82 Å². The molecule has 4 rings (SSSR count). The maximum Gasteiger partial charge on any atom is 0.165 e. The molecular weight excluding hydrogens is 309 g/mol. The van der Waals surface area contributed by atoms with Gasteiger partial charge in [-0.3, -0.25) is 0 Å². The molecule has 1 atom stereocenters. The fourth-order valence-corrected chi connectivity index (χ4v) is 3.14. The highest BCUT2D eigenvalue weighted by molar-refractivity contribution is 5.83. The van der Waals surface area contributed by atoms with Crippen LogP contribution in [0.15, 0.2) is 36.9 Å². The third-order valence-corrected chi connectivity index (χ3v) is 4.41. The van der Waals surface area contributed by atoms with Crippen LogP contribution < -0.4 is 4.90 Å². The van der Waals surface area contributed by atoms with E-state index >= 15 is 0 Å². The Balaban J connectivity index is 1.63. The Bertz CT molecular complexity index is 842. The Labute approximate surface area is 138 Å². The lowest BCUT2D eigenvalue weighted by Gasteiger charge is -2.16. The minimum atomic E-state index is -0.756. The van der Waals surface area contributed by atoms with Crippen molar-refractivity contribution in [3.05, 3.63) is 48.3 Å². The number of fused-ring (bicyclic) bond motifs is 1. The number of aliphatic hydroxyl groups is 1. The predicted molar refractivity (Wildman–Crippen MR) is 88.1 cm³/mol. The lowest BCUT2D eigenvalue weighted by Crippen LogP contribution is -2.19. The molecule has 0 amide bonds. The highest BCUT2D eigenvalue weighted by Gasteiger charge is 2.20. The fourth-order valence-electron chi connectivity index (χ4n) is 3.14. The molecule has 1 fully saturated rings. The molecule has 1 N–H and O–H groups in total. The highest BCUT2D eigenvalue weighted by Crippen LogP contribution is 2.26. The third kappa shape index (κ3) is 2.71. The molecule has 1 aliphatic heterocycles. The monoisotopic (exact) mass is 327 g/mol. The largest absolute Gasteiger partial charge is 0.387 e. The van der Waals surface area contributed by atoms with Crippen molar-refractivity contribution < 1.29 is 9.50 Å². The van der Waals surface area contributed by atoms with Crippen molar-refractivity contribution in [1.29, 1.82) is 0 Å². The van der Waals surface area contributed by atoms with E-state index in [1.165, 1.54) is 12.1 Å². The minimum Gasteiger partial charge on any atom is -0.387 e. The average Bonchev–Trinajstić information content (AvgIpc) is 3.25. The van der Waals surface area contributed by atoms with Gasteiger partial charge in [0.05, 0.1) is 19.0 Å². The number of hydrogen-bond donors (Lipinski definition) is 1. The Morgan fingerprint density at radius 3 is 2.58 bits per heavy atom. The van der Waals surface area contributed by atoms with Crippen molar-refractivity contribution >= 4 is 17.0 Å². The molecule has 6 nitrogen and oxygen atoms in total. The van der Waals surface area contributed by atoms with E-state index in [0.29, 0.717) is 17.8 Å². The van der Waals surface area contributed by atoms with Gasteiger partial charge >= 0.3 is 0 Å². The first-order valence-electron chi connectivity index (χ1n) is 8.06. The second kappa shape index (κ2) is 6.16. The summed E-state index contributed by atoms with van der Waals surface area (Å²) in [6.07, 6.45) is 4.78. The lowest BCUT2D eigenvalue weighted by molar-refractivity contribution is 0.157. The van der Waals surface area contributed by atoms with Crippen LogP contribution in [0.3, 0.4) is 0 Å². The summed E-state index contributed by atoms with van der Waals surface area (Å²) in [6.45, 7) is 2.27. The molecule has 0 spiro atoms. The number of aromatic nitrogens is 4. The predicted octanol–water partition coefficient (Wildman–Crippen LogP) is 2.30. The fraction of sp³-hybridized carbons (Fsp3) is 0.353. The van der Waals surface area contributed by atoms with Crippen molar-refractivity contribution in [2.75, 3.05) is 18.0 Å². The van der Waals surface area contributed by atoms with Crippen LogP contribution in [0.2, 0.25) is 0 Å². The molecule has 1 aromatic carbocycles. The molecule has 7 heteroatoms. The van der Waals surface area contributed by atoms with E-state index in [1.807, 2.05) is 4.57 Å². The number of benzene rings is 1. The number of anilines is 1. The van der Waals surface area contributed by atoms with Crippen LogP contribution in [0.25, 0.3) is 11.2 Å². The van der Waals surface area contributed by atoms with Crippen molar-refractivity contribution in [2.24, 2.45) is 0 Å². The Hall–Kier alpha value is -2.54. The summed E-state index contributed by atoms with van der Waals surface area (Å²) < 4.78 is 14.8. The van der Waals surface area contributed by atoms with Crippen molar-refractivity contribution in [3.8, 4) is 0 Å². The second-order valence-corrected chi connectivity index (χ2v) is 6.03. The second-order valence-electron chi connectivity index (χ2n) is 6.03. The average molecular weight is 327 g/mol. The van der Waals surface area contributed by atoms with Gasteiger partial charge in [-0.25, -0.2) is 19.3 Å². The van der Waals surface area contributed by atoms with Crippen LogP contribution in [-0.2, 0) is 6.54 Å². The molecule has 24 heavy (non-hydrogen) atoms. The highest BCUT2D eigenvalue weighted by atomic mass is 19.1. The zero-order chi connectivity index (χ0) is 16.5. The maximum absolute atomic E-state index is 13.0. The van der Waals surface area contributed by atoms with Gasteiger partial charge in [-0.2, -0.15) is 0 Å². The first-order valence-corrected chi connectivity index (χ1v) is 8.06. The third-order valence-electron chi connectivity index (χ3n) is 4.41. The van der Waals surface area contributed by atoms with E-state index < -0.39 is 6.10 Å². The number of aliphatic hydroxyl groups excluding tert-OH is 1. The Kier molecular flexibility index (Phi) is 3.86. The normalized spacial score (nSPS) is 16.0. The van der Waals surface area contributed by atoms with Gasteiger partial charge < -0.3 is 14.6 Å². The summed E-state index contributed by atoms with van der Waals surface area (Å²) in [6, 6.07) is 5.87. The van der Waals surface area contributed by atoms with E-state index in [2.05, 4.69) is 19.9 Å². The molecule has 2 aromatic heterocycles. The molecule has 3 heterocycles. The maximum atomic E-state index is 13.0. The SMILES string of the molecule is OC(Cn1cnc2c(N3CCCC3)ncnc21)c1ccc(F)cc1. The summed E-state index contributed by atoms with van der Waals surface area (Å²) in [4.78, 5) is 15.4. The summed E-state index contributed by atoms with van der Waals surface area (Å²) in [5.41, 5.74) is 2.12. The van der Waals surface area contributed by atoms with Crippen LogP contribution in [0.5, 0.6) is 0 Å². The van der Waals surface area contributed by atoms with E-state index in [0.717, 1.165) is 37.3 Å². The summed E-state index contributed by atoms with van der Waals surface area (Å²) >= 11 is 0. The lowest BCUT2D eigenvalue weighted by atomic mass is 10.1. The van der Waals surface area contributed by atoms with Gasteiger partial charge in [0.1, 0.15) is 12.1 Å². The van der Waals surface area contributed by atoms with Gasteiger partial charge in [-0.1, -0.05) is 12.1 Å². The number of imidazole rings is 1. The first kappa shape index (κ1) is 15.0. The Morgan fingerprint density at radius 2 is 1.83 bits per heavy atom. The number of rotatable bonds is 4. The van der Waals surface area contributed by atoms with E-state index in [1.54, 1.807) is 24.8 Å². The van der Waals surface area contributed by atoms with Gasteiger partial charge in [0.15, 0.2) is 17.0 Å². The van der Waals surface area contributed by atoms with Crippen LogP contribution in [0, 0.1) is 5.82 Å². The molecule has 1 aliphatic rings.